The fourth-order valence-corrected chi connectivity index (χ4v) is 3.92. The molecule has 1 aliphatic heterocycles. The Hall–Kier alpha value is -3.27. The first-order chi connectivity index (χ1) is 13.3. The first-order valence-electron chi connectivity index (χ1n) is 8.24. The molecule has 0 aliphatic carbocycles. The van der Waals surface area contributed by atoms with Crippen molar-refractivity contribution < 1.29 is 22.4 Å². The second-order valence-corrected chi connectivity index (χ2v) is 7.71. The molecule has 2 amide bonds. The summed E-state index contributed by atoms with van der Waals surface area (Å²) in [5.41, 5.74) is 5.52. The van der Waals surface area contributed by atoms with Crippen LogP contribution in [0.4, 0.5) is 4.39 Å². The van der Waals surface area contributed by atoms with E-state index >= 15 is 0 Å². The SMILES string of the molecule is CN(CC(=O)NNC(=O)Cc1ccc(F)cc1)C1=NS(=O)(=O)c2ccccc21. The van der Waals surface area contributed by atoms with Gasteiger partial charge >= 0.3 is 0 Å². The van der Waals surface area contributed by atoms with Crippen LogP contribution in [0.25, 0.3) is 0 Å². The number of amides is 2. The number of hydrogen-bond donors (Lipinski definition) is 2. The van der Waals surface area contributed by atoms with Crippen molar-refractivity contribution in [3.8, 4) is 0 Å². The minimum absolute atomic E-state index is 0.0330. The van der Waals surface area contributed by atoms with Gasteiger partial charge in [0.2, 0.25) is 5.91 Å². The molecule has 3 rings (SSSR count). The Morgan fingerprint density at radius 2 is 1.68 bits per heavy atom. The number of hydrogen-bond acceptors (Lipinski definition) is 5. The number of hydrazine groups is 1. The van der Waals surface area contributed by atoms with Gasteiger partial charge in [-0.15, -0.1) is 4.40 Å². The van der Waals surface area contributed by atoms with E-state index in [1.807, 2.05) is 0 Å². The van der Waals surface area contributed by atoms with Crippen LogP contribution in [0.3, 0.4) is 0 Å². The van der Waals surface area contributed by atoms with E-state index in [0.717, 1.165) is 0 Å². The molecule has 1 aliphatic rings. The molecule has 2 aromatic carbocycles. The monoisotopic (exact) mass is 404 g/mol. The zero-order valence-electron chi connectivity index (χ0n) is 14.8. The standard InChI is InChI=1S/C18H17FN4O4S/c1-23(18-14-4-2-3-5-15(14)28(26,27)22-18)11-17(25)21-20-16(24)10-12-6-8-13(19)9-7-12/h2-9H,10-11H2,1H3,(H,20,24)(H,21,25). The third kappa shape index (κ3) is 4.34. The highest BCUT2D eigenvalue weighted by atomic mass is 32.2. The van der Waals surface area contributed by atoms with Crippen LogP contribution in [0.15, 0.2) is 57.8 Å². The van der Waals surface area contributed by atoms with Crippen LogP contribution >= 0.6 is 0 Å². The maximum atomic E-state index is 12.9. The molecule has 0 atom stereocenters. The molecule has 2 aromatic rings. The molecule has 0 saturated heterocycles. The normalized spacial score (nSPS) is 14.0. The average molecular weight is 404 g/mol. The van der Waals surface area contributed by atoms with Crippen LogP contribution in [0.2, 0.25) is 0 Å². The molecule has 28 heavy (non-hydrogen) atoms. The fraction of sp³-hybridized carbons (Fsp3) is 0.167. The lowest BCUT2D eigenvalue weighted by Crippen LogP contribution is -2.47. The van der Waals surface area contributed by atoms with Crippen molar-refractivity contribution in [1.29, 1.82) is 0 Å². The Kier molecular flexibility index (Phi) is 5.41. The topological polar surface area (TPSA) is 108 Å². The summed E-state index contributed by atoms with van der Waals surface area (Å²) in [6.45, 7) is -0.223. The minimum atomic E-state index is -3.78. The lowest BCUT2D eigenvalue weighted by atomic mass is 10.1. The number of carbonyl (C=O) groups is 2. The Morgan fingerprint density at radius 3 is 2.39 bits per heavy atom. The molecule has 0 bridgehead atoms. The second kappa shape index (κ2) is 7.77. The highest BCUT2D eigenvalue weighted by Gasteiger charge is 2.30. The van der Waals surface area contributed by atoms with Crippen LogP contribution in [-0.2, 0) is 26.0 Å². The smallest absolute Gasteiger partial charge is 0.285 e. The van der Waals surface area contributed by atoms with E-state index < -0.39 is 27.7 Å². The van der Waals surface area contributed by atoms with E-state index in [0.29, 0.717) is 11.1 Å². The molecule has 1 heterocycles. The van der Waals surface area contributed by atoms with Crippen LogP contribution < -0.4 is 10.9 Å². The van der Waals surface area contributed by atoms with E-state index in [1.165, 1.54) is 42.3 Å². The Morgan fingerprint density at radius 1 is 1.04 bits per heavy atom. The molecule has 10 heteroatoms. The third-order valence-electron chi connectivity index (χ3n) is 3.97. The zero-order valence-corrected chi connectivity index (χ0v) is 15.7. The van der Waals surface area contributed by atoms with E-state index in [2.05, 4.69) is 15.2 Å². The van der Waals surface area contributed by atoms with Crippen molar-refractivity contribution in [2.45, 2.75) is 11.3 Å². The van der Waals surface area contributed by atoms with Crippen molar-refractivity contribution in [2.24, 2.45) is 4.40 Å². The van der Waals surface area contributed by atoms with Gasteiger partial charge in [0.15, 0.2) is 5.84 Å². The van der Waals surface area contributed by atoms with Gasteiger partial charge in [0.25, 0.3) is 15.9 Å². The summed E-state index contributed by atoms with van der Waals surface area (Å²) >= 11 is 0. The number of fused-ring (bicyclic) bond motifs is 1. The van der Waals surface area contributed by atoms with Gasteiger partial charge in [-0.1, -0.05) is 24.3 Å². The van der Waals surface area contributed by atoms with Crippen molar-refractivity contribution in [3.63, 3.8) is 0 Å². The molecule has 2 N–H and O–H groups in total. The Labute approximate surface area is 161 Å². The van der Waals surface area contributed by atoms with Crippen LogP contribution in [0.5, 0.6) is 0 Å². The maximum Gasteiger partial charge on any atom is 0.285 e. The Bertz CT molecular complexity index is 1050. The molecular weight excluding hydrogens is 387 g/mol. The number of halogens is 1. The number of rotatable bonds is 4. The van der Waals surface area contributed by atoms with Gasteiger partial charge in [-0.05, 0) is 29.8 Å². The molecule has 8 nitrogen and oxygen atoms in total. The average Bonchev–Trinajstić information content (AvgIpc) is 2.94. The lowest BCUT2D eigenvalue weighted by Gasteiger charge is -2.18. The summed E-state index contributed by atoms with van der Waals surface area (Å²) in [6, 6.07) is 11.8. The van der Waals surface area contributed by atoms with Gasteiger partial charge in [0.05, 0.1) is 13.0 Å². The summed E-state index contributed by atoms with van der Waals surface area (Å²) in [5.74, 6) is -1.28. The summed E-state index contributed by atoms with van der Waals surface area (Å²) in [4.78, 5) is 25.4. The first-order valence-corrected chi connectivity index (χ1v) is 9.68. The summed E-state index contributed by atoms with van der Waals surface area (Å²) < 4.78 is 40.7. The van der Waals surface area contributed by atoms with Gasteiger partial charge in [0, 0.05) is 12.6 Å². The van der Waals surface area contributed by atoms with E-state index in [-0.39, 0.29) is 23.7 Å². The third-order valence-corrected chi connectivity index (χ3v) is 5.30. The molecule has 146 valence electrons. The number of nitrogens with zero attached hydrogens (tertiary/aromatic N) is 2. The Balaban J connectivity index is 1.55. The molecule has 0 aromatic heterocycles. The number of carbonyl (C=O) groups excluding carboxylic acids is 2. The quantitative estimate of drug-likeness (QED) is 0.726. The van der Waals surface area contributed by atoms with Crippen molar-refractivity contribution in [2.75, 3.05) is 13.6 Å². The zero-order chi connectivity index (χ0) is 20.3. The summed E-state index contributed by atoms with van der Waals surface area (Å²) in [5, 5.41) is 0. The number of nitrogens with one attached hydrogen (secondary N) is 2. The first kappa shape index (κ1) is 19.5. The van der Waals surface area contributed by atoms with Crippen LogP contribution in [-0.4, -0.2) is 44.6 Å². The van der Waals surface area contributed by atoms with E-state index in [1.54, 1.807) is 18.2 Å². The predicted octanol–water partition coefficient (Wildman–Crippen LogP) is 0.597. The second-order valence-electron chi connectivity index (χ2n) is 6.14. The van der Waals surface area contributed by atoms with Crippen molar-refractivity contribution in [3.05, 3.63) is 65.5 Å². The molecule has 0 saturated carbocycles. The van der Waals surface area contributed by atoms with Crippen molar-refractivity contribution >= 4 is 27.7 Å². The van der Waals surface area contributed by atoms with E-state index in [4.69, 9.17) is 0 Å². The molecule has 0 unspecified atom stereocenters. The van der Waals surface area contributed by atoms with Gasteiger partial charge < -0.3 is 4.90 Å². The number of sulfonamides is 1. The number of amidine groups is 1. The lowest BCUT2D eigenvalue weighted by molar-refractivity contribution is -0.128. The minimum Gasteiger partial charge on any atom is -0.349 e. The molecule has 0 radical (unpaired) electrons. The molecule has 0 spiro atoms. The molecule has 0 fully saturated rings. The van der Waals surface area contributed by atoms with Gasteiger partial charge in [-0.2, -0.15) is 8.42 Å². The summed E-state index contributed by atoms with van der Waals surface area (Å²) in [7, 11) is -2.26. The largest absolute Gasteiger partial charge is 0.349 e. The highest BCUT2D eigenvalue weighted by Crippen LogP contribution is 2.26. The van der Waals surface area contributed by atoms with Crippen molar-refractivity contribution in [1.82, 2.24) is 15.8 Å². The predicted molar refractivity (Wildman–Crippen MR) is 99.2 cm³/mol. The number of likely N-dealkylation sites (N-methyl/N-ethyl adjacent to an activating group) is 1. The van der Waals surface area contributed by atoms with Gasteiger partial charge in [0.1, 0.15) is 10.7 Å². The molecular formula is C18H17FN4O4S. The van der Waals surface area contributed by atoms with E-state index in [9.17, 15) is 22.4 Å². The van der Waals surface area contributed by atoms with Crippen LogP contribution in [0, 0.1) is 5.82 Å². The highest BCUT2D eigenvalue weighted by molar-refractivity contribution is 7.90. The fourth-order valence-electron chi connectivity index (χ4n) is 2.66. The van der Waals surface area contributed by atoms with Crippen LogP contribution in [0.1, 0.15) is 11.1 Å². The van der Waals surface area contributed by atoms with Gasteiger partial charge in [-0.3, -0.25) is 20.4 Å². The maximum absolute atomic E-state index is 12.9. The van der Waals surface area contributed by atoms with Gasteiger partial charge in [-0.25, -0.2) is 4.39 Å². The summed E-state index contributed by atoms with van der Waals surface area (Å²) in [6.07, 6.45) is -0.0330. The number of benzene rings is 2.